The first-order chi connectivity index (χ1) is 14.5. The monoisotopic (exact) mass is 442 g/mol. The van der Waals surface area contributed by atoms with Gasteiger partial charge in [0, 0.05) is 13.1 Å². The van der Waals surface area contributed by atoms with Gasteiger partial charge in [-0.15, -0.1) is 0 Å². The third-order valence-electron chi connectivity index (χ3n) is 6.41. The van der Waals surface area contributed by atoms with E-state index in [1.54, 1.807) is 0 Å². The number of phenols is 1. The van der Waals surface area contributed by atoms with Crippen molar-refractivity contribution in [2.24, 2.45) is 0 Å². The van der Waals surface area contributed by atoms with E-state index in [1.807, 2.05) is 12.1 Å². The SMILES string of the molecule is CC(C)(C)c1ccc(C2(C(=O)Nc3cc(S(=O)(=O)N4CCCC4)ccc3O)CC2)cc1. The number of sulfonamides is 1. The Bertz CT molecular complexity index is 1090. The lowest BCUT2D eigenvalue weighted by Crippen LogP contribution is -2.29. The predicted molar refractivity (Wildman–Crippen MR) is 121 cm³/mol. The van der Waals surface area contributed by atoms with Gasteiger partial charge in [-0.25, -0.2) is 8.42 Å². The molecular weight excluding hydrogens is 412 g/mol. The average molecular weight is 443 g/mol. The maximum absolute atomic E-state index is 13.2. The van der Waals surface area contributed by atoms with Gasteiger partial charge in [0.25, 0.3) is 0 Å². The van der Waals surface area contributed by atoms with E-state index >= 15 is 0 Å². The molecule has 2 aromatic carbocycles. The zero-order valence-corrected chi connectivity index (χ0v) is 19.1. The third kappa shape index (κ3) is 4.08. The van der Waals surface area contributed by atoms with Crippen LogP contribution < -0.4 is 5.32 Å². The number of benzene rings is 2. The fraction of sp³-hybridized carbons (Fsp3) is 0.458. The van der Waals surface area contributed by atoms with Gasteiger partial charge in [0.05, 0.1) is 16.0 Å². The van der Waals surface area contributed by atoms with E-state index in [1.165, 1.54) is 28.1 Å². The molecule has 2 aromatic rings. The number of nitrogens with one attached hydrogen (secondary N) is 1. The van der Waals surface area contributed by atoms with Crippen molar-refractivity contribution in [2.75, 3.05) is 18.4 Å². The van der Waals surface area contributed by atoms with Gasteiger partial charge in [-0.05, 0) is 60.4 Å². The zero-order chi connectivity index (χ0) is 22.4. The third-order valence-corrected chi connectivity index (χ3v) is 8.30. The minimum Gasteiger partial charge on any atom is -0.506 e. The van der Waals surface area contributed by atoms with E-state index < -0.39 is 15.4 Å². The Labute approximate surface area is 184 Å². The standard InChI is InChI=1S/C24H30N2O4S/c1-23(2,3)17-6-8-18(9-7-17)24(12-13-24)22(28)25-20-16-19(10-11-21(20)27)31(29,30)26-14-4-5-15-26/h6-11,16,27H,4-5,12-15H2,1-3H3,(H,25,28). The molecule has 4 rings (SSSR count). The van der Waals surface area contributed by atoms with Crippen LogP contribution in [0.3, 0.4) is 0 Å². The van der Waals surface area contributed by atoms with Gasteiger partial charge >= 0.3 is 0 Å². The van der Waals surface area contributed by atoms with Crippen molar-refractivity contribution < 1.29 is 18.3 Å². The minimum atomic E-state index is -3.63. The van der Waals surface area contributed by atoms with E-state index in [0.29, 0.717) is 13.1 Å². The highest BCUT2D eigenvalue weighted by Gasteiger charge is 2.51. The molecule has 0 radical (unpaired) electrons. The van der Waals surface area contributed by atoms with Crippen molar-refractivity contribution in [1.82, 2.24) is 4.31 Å². The molecule has 1 saturated heterocycles. The zero-order valence-electron chi connectivity index (χ0n) is 18.3. The summed E-state index contributed by atoms with van der Waals surface area (Å²) in [5.41, 5.74) is 1.67. The predicted octanol–water partition coefficient (Wildman–Crippen LogP) is 4.14. The average Bonchev–Trinajstić information content (AvgIpc) is 3.34. The van der Waals surface area contributed by atoms with Crippen LogP contribution in [0.25, 0.3) is 0 Å². The summed E-state index contributed by atoms with van der Waals surface area (Å²) in [6.07, 6.45) is 3.13. The summed E-state index contributed by atoms with van der Waals surface area (Å²) >= 11 is 0. The Hall–Kier alpha value is -2.38. The first-order valence-electron chi connectivity index (χ1n) is 10.8. The Kier molecular flexibility index (Phi) is 5.38. The number of carbonyl (C=O) groups excluding carboxylic acids is 1. The molecule has 0 aromatic heterocycles. The van der Waals surface area contributed by atoms with Crippen LogP contribution in [0.5, 0.6) is 5.75 Å². The topological polar surface area (TPSA) is 86.7 Å². The molecule has 0 unspecified atom stereocenters. The van der Waals surface area contributed by atoms with Crippen molar-refractivity contribution in [2.45, 2.75) is 62.2 Å². The van der Waals surface area contributed by atoms with Gasteiger partial charge in [-0.3, -0.25) is 4.79 Å². The van der Waals surface area contributed by atoms with E-state index in [-0.39, 0.29) is 27.7 Å². The van der Waals surface area contributed by atoms with Crippen molar-refractivity contribution in [3.05, 3.63) is 53.6 Å². The summed E-state index contributed by atoms with van der Waals surface area (Å²) < 4.78 is 27.2. The number of aromatic hydroxyl groups is 1. The van der Waals surface area contributed by atoms with Crippen molar-refractivity contribution in [3.8, 4) is 5.75 Å². The fourth-order valence-electron chi connectivity index (χ4n) is 4.16. The molecule has 7 heteroatoms. The number of anilines is 1. The summed E-state index contributed by atoms with van der Waals surface area (Å²) in [5.74, 6) is -0.366. The summed E-state index contributed by atoms with van der Waals surface area (Å²) in [7, 11) is -3.63. The molecule has 1 heterocycles. The number of hydrogen-bond acceptors (Lipinski definition) is 4. The van der Waals surface area contributed by atoms with E-state index in [9.17, 15) is 18.3 Å². The van der Waals surface area contributed by atoms with Gasteiger partial charge in [-0.1, -0.05) is 45.0 Å². The molecule has 2 aliphatic rings. The minimum absolute atomic E-state index is 0.0323. The van der Waals surface area contributed by atoms with Crippen LogP contribution >= 0.6 is 0 Å². The van der Waals surface area contributed by atoms with Crippen LogP contribution in [0.1, 0.15) is 57.6 Å². The number of nitrogens with zero attached hydrogens (tertiary/aromatic N) is 1. The largest absolute Gasteiger partial charge is 0.506 e. The highest BCUT2D eigenvalue weighted by Crippen LogP contribution is 2.49. The van der Waals surface area contributed by atoms with Gasteiger partial charge in [0.15, 0.2) is 0 Å². The number of amides is 1. The number of rotatable bonds is 5. The Morgan fingerprint density at radius 3 is 2.19 bits per heavy atom. The first-order valence-corrected chi connectivity index (χ1v) is 12.2. The molecule has 1 amide bonds. The lowest BCUT2D eigenvalue weighted by molar-refractivity contribution is -0.118. The molecule has 6 nitrogen and oxygen atoms in total. The molecule has 0 spiro atoms. The van der Waals surface area contributed by atoms with Gasteiger partial charge in [0.1, 0.15) is 5.75 Å². The molecule has 2 fully saturated rings. The first kappa shape index (κ1) is 21.8. The summed E-state index contributed by atoms with van der Waals surface area (Å²) in [5, 5.41) is 13.1. The lowest BCUT2D eigenvalue weighted by atomic mass is 9.85. The Morgan fingerprint density at radius 2 is 1.65 bits per heavy atom. The van der Waals surface area contributed by atoms with Crippen molar-refractivity contribution in [3.63, 3.8) is 0 Å². The number of hydrogen-bond donors (Lipinski definition) is 2. The molecule has 31 heavy (non-hydrogen) atoms. The van der Waals surface area contributed by atoms with Crippen molar-refractivity contribution >= 4 is 21.6 Å². The summed E-state index contributed by atoms with van der Waals surface area (Å²) in [6.45, 7) is 7.44. The second-order valence-corrected chi connectivity index (χ2v) is 11.6. The smallest absolute Gasteiger partial charge is 0.243 e. The highest BCUT2D eigenvalue weighted by molar-refractivity contribution is 7.89. The lowest BCUT2D eigenvalue weighted by Gasteiger charge is -2.21. The summed E-state index contributed by atoms with van der Waals surface area (Å²) in [6, 6.07) is 12.2. The van der Waals surface area contributed by atoms with E-state index in [0.717, 1.165) is 31.2 Å². The molecular formula is C24H30N2O4S. The van der Waals surface area contributed by atoms with E-state index in [2.05, 4.69) is 38.2 Å². The molecule has 0 bridgehead atoms. The second kappa shape index (κ2) is 7.64. The van der Waals surface area contributed by atoms with Gasteiger partial charge < -0.3 is 10.4 Å². The fourth-order valence-corrected chi connectivity index (χ4v) is 5.70. The van der Waals surface area contributed by atoms with Crippen LogP contribution in [-0.2, 0) is 25.6 Å². The maximum Gasteiger partial charge on any atom is 0.243 e. The van der Waals surface area contributed by atoms with Gasteiger partial charge in [0.2, 0.25) is 15.9 Å². The number of phenolic OH excluding ortho intramolecular Hbond substituents is 1. The Balaban J connectivity index is 1.57. The quantitative estimate of drug-likeness (QED) is 0.681. The van der Waals surface area contributed by atoms with Crippen LogP contribution in [0.2, 0.25) is 0 Å². The van der Waals surface area contributed by atoms with Crippen molar-refractivity contribution in [1.29, 1.82) is 0 Å². The number of carbonyl (C=O) groups is 1. The van der Waals surface area contributed by atoms with Crippen LogP contribution in [0.15, 0.2) is 47.4 Å². The normalized spacial score (nSPS) is 18.7. The Morgan fingerprint density at radius 1 is 1.03 bits per heavy atom. The second-order valence-electron chi connectivity index (χ2n) is 9.65. The van der Waals surface area contributed by atoms with Crippen LogP contribution in [-0.4, -0.2) is 36.8 Å². The maximum atomic E-state index is 13.2. The highest BCUT2D eigenvalue weighted by atomic mass is 32.2. The van der Waals surface area contributed by atoms with Crippen LogP contribution in [0, 0.1) is 0 Å². The molecule has 1 aliphatic heterocycles. The molecule has 0 atom stereocenters. The molecule has 1 saturated carbocycles. The molecule has 2 N–H and O–H groups in total. The molecule has 166 valence electrons. The van der Waals surface area contributed by atoms with Crippen LogP contribution in [0.4, 0.5) is 5.69 Å². The molecule has 1 aliphatic carbocycles. The van der Waals surface area contributed by atoms with Gasteiger partial charge in [-0.2, -0.15) is 4.31 Å². The van der Waals surface area contributed by atoms with E-state index in [4.69, 9.17) is 0 Å². The summed E-state index contributed by atoms with van der Waals surface area (Å²) in [4.78, 5) is 13.3.